The Balaban J connectivity index is 3.60. The van der Waals surface area contributed by atoms with Gasteiger partial charge in [0, 0.05) is 0 Å². The monoisotopic (exact) mass is 215 g/mol. The molecule has 0 rings (SSSR count). The van der Waals surface area contributed by atoms with Crippen molar-refractivity contribution in [2.45, 2.75) is 71.4 Å². The number of esters is 1. The predicted octanol–water partition coefficient (Wildman–Crippen LogP) is 2.63. The van der Waals surface area contributed by atoms with Gasteiger partial charge in [-0.15, -0.1) is 0 Å². The molecule has 0 aromatic carbocycles. The van der Waals surface area contributed by atoms with Crippen LogP contribution in [0.25, 0.3) is 0 Å². The van der Waals surface area contributed by atoms with Gasteiger partial charge >= 0.3 is 5.97 Å². The molecule has 0 radical (unpaired) electrons. The lowest BCUT2D eigenvalue weighted by Gasteiger charge is -2.15. The van der Waals surface area contributed by atoms with Crippen LogP contribution in [0.3, 0.4) is 0 Å². The van der Waals surface area contributed by atoms with Crippen molar-refractivity contribution in [2.75, 3.05) is 0 Å². The third-order valence-corrected chi connectivity index (χ3v) is 2.56. The Morgan fingerprint density at radius 3 is 2.47 bits per heavy atom. The molecule has 0 saturated carbocycles. The molecule has 0 unspecified atom stereocenters. The van der Waals surface area contributed by atoms with E-state index in [0.29, 0.717) is 0 Å². The number of carbonyl (C=O) groups excluding carboxylic acids is 1. The molecule has 90 valence electrons. The van der Waals surface area contributed by atoms with Crippen molar-refractivity contribution in [3.8, 4) is 0 Å². The molecule has 2 atom stereocenters. The van der Waals surface area contributed by atoms with Crippen LogP contribution >= 0.6 is 0 Å². The molecule has 2 N–H and O–H groups in total. The summed E-state index contributed by atoms with van der Waals surface area (Å²) in [4.78, 5) is 11.4. The van der Waals surface area contributed by atoms with Crippen molar-refractivity contribution in [1.82, 2.24) is 0 Å². The van der Waals surface area contributed by atoms with Crippen molar-refractivity contribution in [3.63, 3.8) is 0 Å². The van der Waals surface area contributed by atoms with Crippen LogP contribution in [0.1, 0.15) is 59.3 Å². The van der Waals surface area contributed by atoms with E-state index in [0.717, 1.165) is 25.7 Å². The fraction of sp³-hybridized carbons (Fsp3) is 0.917. The highest BCUT2D eigenvalue weighted by Gasteiger charge is 2.16. The maximum Gasteiger partial charge on any atom is 0.323 e. The molecule has 3 nitrogen and oxygen atoms in total. The van der Waals surface area contributed by atoms with Gasteiger partial charge in [-0.05, 0) is 19.8 Å². The summed E-state index contributed by atoms with van der Waals surface area (Å²) < 4.78 is 5.15. The van der Waals surface area contributed by atoms with Gasteiger partial charge in [-0.2, -0.15) is 0 Å². The van der Waals surface area contributed by atoms with E-state index in [1.54, 1.807) is 0 Å². The van der Waals surface area contributed by atoms with E-state index in [-0.39, 0.29) is 12.1 Å². The minimum Gasteiger partial charge on any atom is -0.462 e. The van der Waals surface area contributed by atoms with Gasteiger partial charge in [-0.25, -0.2) is 0 Å². The van der Waals surface area contributed by atoms with E-state index in [4.69, 9.17) is 10.5 Å². The molecule has 0 fully saturated rings. The molecule has 15 heavy (non-hydrogen) atoms. The molecule has 0 aliphatic heterocycles. The van der Waals surface area contributed by atoms with Crippen molar-refractivity contribution >= 4 is 5.97 Å². The molecule has 0 spiro atoms. The Kier molecular flexibility index (Phi) is 8.38. The van der Waals surface area contributed by atoms with Gasteiger partial charge in [-0.3, -0.25) is 4.79 Å². The molecule has 3 heteroatoms. The Hall–Kier alpha value is -0.570. The summed E-state index contributed by atoms with van der Waals surface area (Å²) in [6.45, 7) is 6.05. The first-order chi connectivity index (χ1) is 7.11. The lowest BCUT2D eigenvalue weighted by Crippen LogP contribution is -2.34. The zero-order valence-electron chi connectivity index (χ0n) is 10.3. The van der Waals surface area contributed by atoms with Crippen LogP contribution in [0.5, 0.6) is 0 Å². The summed E-state index contributed by atoms with van der Waals surface area (Å²) in [7, 11) is 0. The molecule has 0 aliphatic carbocycles. The summed E-state index contributed by atoms with van der Waals surface area (Å²) in [6, 6.07) is -0.434. The van der Waals surface area contributed by atoms with Gasteiger partial charge in [-0.1, -0.05) is 39.5 Å². The Morgan fingerprint density at radius 2 is 1.93 bits per heavy atom. The summed E-state index contributed by atoms with van der Waals surface area (Å²) in [6.07, 6.45) is 6.16. The van der Waals surface area contributed by atoms with Gasteiger partial charge in [0.1, 0.15) is 6.04 Å². The first-order valence-electron chi connectivity index (χ1n) is 6.07. The highest BCUT2D eigenvalue weighted by atomic mass is 16.5. The Labute approximate surface area is 93.4 Å². The molecule has 0 aromatic heterocycles. The Bertz CT molecular complexity index is 171. The first kappa shape index (κ1) is 14.4. The van der Waals surface area contributed by atoms with E-state index in [1.807, 2.05) is 13.8 Å². The number of hydrogen-bond donors (Lipinski definition) is 1. The number of rotatable bonds is 8. The predicted molar refractivity (Wildman–Crippen MR) is 62.6 cm³/mol. The van der Waals surface area contributed by atoms with E-state index >= 15 is 0 Å². The number of ether oxygens (including phenoxy) is 1. The minimum atomic E-state index is -0.434. The standard InChI is InChI=1S/C12H25NO2/c1-4-6-7-8-9-11(13)12(14)15-10(3)5-2/h10-11H,4-9,13H2,1-3H3/t10-,11-/m0/s1. The highest BCUT2D eigenvalue weighted by molar-refractivity contribution is 5.75. The van der Waals surface area contributed by atoms with Crippen molar-refractivity contribution < 1.29 is 9.53 Å². The normalized spacial score (nSPS) is 14.7. The molecule has 0 bridgehead atoms. The van der Waals surface area contributed by atoms with E-state index in [9.17, 15) is 4.79 Å². The Morgan fingerprint density at radius 1 is 1.27 bits per heavy atom. The zero-order chi connectivity index (χ0) is 11.7. The SMILES string of the molecule is CCCCCC[C@H](N)C(=O)O[C@@H](C)CC. The fourth-order valence-electron chi connectivity index (χ4n) is 1.28. The van der Waals surface area contributed by atoms with E-state index < -0.39 is 6.04 Å². The number of nitrogens with two attached hydrogens (primary N) is 1. The van der Waals surface area contributed by atoms with Crippen LogP contribution < -0.4 is 5.73 Å². The average Bonchev–Trinajstić information content (AvgIpc) is 2.23. The maximum atomic E-state index is 11.4. The van der Waals surface area contributed by atoms with Gasteiger partial charge in [0.05, 0.1) is 6.10 Å². The van der Waals surface area contributed by atoms with Gasteiger partial charge in [0.15, 0.2) is 0 Å². The fourth-order valence-corrected chi connectivity index (χ4v) is 1.28. The second kappa shape index (κ2) is 8.72. The first-order valence-corrected chi connectivity index (χ1v) is 6.07. The largest absolute Gasteiger partial charge is 0.462 e. The summed E-state index contributed by atoms with van der Waals surface area (Å²) in [5, 5.41) is 0. The van der Waals surface area contributed by atoms with Gasteiger partial charge < -0.3 is 10.5 Å². The highest BCUT2D eigenvalue weighted by Crippen LogP contribution is 2.07. The van der Waals surface area contributed by atoms with Crippen molar-refractivity contribution in [2.24, 2.45) is 5.73 Å². The number of carbonyl (C=O) groups is 1. The lowest BCUT2D eigenvalue weighted by molar-refractivity contribution is -0.150. The van der Waals surface area contributed by atoms with Crippen LogP contribution in [-0.2, 0) is 9.53 Å². The van der Waals surface area contributed by atoms with Crippen LogP contribution in [0.15, 0.2) is 0 Å². The smallest absolute Gasteiger partial charge is 0.323 e. The lowest BCUT2D eigenvalue weighted by atomic mass is 10.1. The quantitative estimate of drug-likeness (QED) is 0.500. The molecule has 0 saturated heterocycles. The molecular weight excluding hydrogens is 190 g/mol. The molecular formula is C12H25NO2. The second-order valence-electron chi connectivity index (χ2n) is 4.11. The molecule has 0 heterocycles. The maximum absolute atomic E-state index is 11.4. The van der Waals surface area contributed by atoms with E-state index in [1.165, 1.54) is 12.8 Å². The van der Waals surface area contributed by atoms with Gasteiger partial charge in [0.25, 0.3) is 0 Å². The van der Waals surface area contributed by atoms with Crippen LogP contribution in [-0.4, -0.2) is 18.1 Å². The number of hydrogen-bond acceptors (Lipinski definition) is 3. The summed E-state index contributed by atoms with van der Waals surface area (Å²) in [5.74, 6) is -0.249. The van der Waals surface area contributed by atoms with Gasteiger partial charge in [0.2, 0.25) is 0 Å². The third kappa shape index (κ3) is 7.37. The second-order valence-corrected chi connectivity index (χ2v) is 4.11. The molecule has 0 aliphatic rings. The van der Waals surface area contributed by atoms with Crippen LogP contribution in [0.2, 0.25) is 0 Å². The van der Waals surface area contributed by atoms with E-state index in [2.05, 4.69) is 6.92 Å². The zero-order valence-corrected chi connectivity index (χ0v) is 10.3. The summed E-state index contributed by atoms with van der Waals surface area (Å²) in [5.41, 5.74) is 5.73. The third-order valence-electron chi connectivity index (χ3n) is 2.56. The van der Waals surface area contributed by atoms with Crippen molar-refractivity contribution in [3.05, 3.63) is 0 Å². The summed E-state index contributed by atoms with van der Waals surface area (Å²) >= 11 is 0. The number of unbranched alkanes of at least 4 members (excludes halogenated alkanes) is 3. The average molecular weight is 215 g/mol. The molecule has 0 aromatic rings. The topological polar surface area (TPSA) is 52.3 Å². The van der Waals surface area contributed by atoms with Crippen LogP contribution in [0, 0.1) is 0 Å². The van der Waals surface area contributed by atoms with Crippen molar-refractivity contribution in [1.29, 1.82) is 0 Å². The molecule has 0 amide bonds. The minimum absolute atomic E-state index is 0.0146. The van der Waals surface area contributed by atoms with Crippen LogP contribution in [0.4, 0.5) is 0 Å².